The van der Waals surface area contributed by atoms with Crippen LogP contribution in [0.1, 0.15) is 47.8 Å². The zero-order valence-electron chi connectivity index (χ0n) is 13.9. The number of nitrogens with zero attached hydrogens (tertiary/aromatic N) is 6. The Morgan fingerprint density at radius 2 is 2.08 bits per heavy atom. The van der Waals surface area contributed by atoms with Gasteiger partial charge in [0.2, 0.25) is 5.89 Å². The van der Waals surface area contributed by atoms with Crippen LogP contribution in [-0.4, -0.2) is 46.7 Å². The van der Waals surface area contributed by atoms with Gasteiger partial charge in [-0.3, -0.25) is 4.90 Å². The van der Waals surface area contributed by atoms with Crippen LogP contribution in [-0.2, 0) is 0 Å². The molecule has 2 aromatic heterocycles. The Kier molecular flexibility index (Phi) is 3.69. The van der Waals surface area contributed by atoms with E-state index < -0.39 is 0 Å². The predicted molar refractivity (Wildman–Crippen MR) is 87.5 cm³/mol. The topological polar surface area (TPSA) is 82.1 Å². The maximum atomic E-state index is 9.38. The first-order valence-corrected chi connectivity index (χ1v) is 8.32. The molecular weight excluding hydrogens is 304 g/mol. The molecule has 4 rings (SSSR count). The molecule has 1 saturated heterocycles. The lowest BCUT2D eigenvalue weighted by molar-refractivity contribution is 0.177. The van der Waals surface area contributed by atoms with Crippen molar-refractivity contribution >= 4 is 5.82 Å². The second-order valence-corrected chi connectivity index (χ2v) is 6.64. The van der Waals surface area contributed by atoms with Gasteiger partial charge in [-0.25, -0.2) is 4.98 Å². The van der Waals surface area contributed by atoms with Crippen molar-refractivity contribution in [3.63, 3.8) is 0 Å². The molecule has 1 aliphatic heterocycles. The van der Waals surface area contributed by atoms with Crippen molar-refractivity contribution in [3.05, 3.63) is 35.1 Å². The normalized spacial score (nSPS) is 21.7. The van der Waals surface area contributed by atoms with Crippen molar-refractivity contribution in [1.82, 2.24) is 20.0 Å². The third-order valence-electron chi connectivity index (χ3n) is 4.77. The summed E-state index contributed by atoms with van der Waals surface area (Å²) in [4.78, 5) is 13.6. The number of aryl methyl sites for hydroxylation is 1. The minimum absolute atomic E-state index is 0.0209. The number of likely N-dealkylation sites (N-methyl/N-ethyl adjacent to an activating group) is 1. The Labute approximate surface area is 140 Å². The summed E-state index contributed by atoms with van der Waals surface area (Å²) in [7, 11) is 2.07. The first-order chi connectivity index (χ1) is 11.7. The number of hydrogen-bond donors (Lipinski definition) is 0. The Hall–Kier alpha value is -2.46. The van der Waals surface area contributed by atoms with Gasteiger partial charge < -0.3 is 9.42 Å². The number of rotatable bonds is 3. The lowest BCUT2D eigenvalue weighted by atomic mass is 10.1. The molecule has 7 heteroatoms. The van der Waals surface area contributed by atoms with Crippen molar-refractivity contribution < 1.29 is 4.52 Å². The highest BCUT2D eigenvalue weighted by Gasteiger charge is 2.34. The van der Waals surface area contributed by atoms with Crippen LogP contribution in [0.25, 0.3) is 0 Å². The molecular formula is C17H20N6O. The fourth-order valence-electron chi connectivity index (χ4n) is 3.09. The molecule has 3 heterocycles. The van der Waals surface area contributed by atoms with E-state index in [1.807, 2.05) is 19.1 Å². The zero-order chi connectivity index (χ0) is 16.7. The number of aromatic nitrogens is 3. The number of nitriles is 1. The Morgan fingerprint density at radius 3 is 2.83 bits per heavy atom. The first kappa shape index (κ1) is 15.1. The molecule has 0 N–H and O–H groups in total. The van der Waals surface area contributed by atoms with Crippen molar-refractivity contribution in [2.45, 2.75) is 31.7 Å². The summed E-state index contributed by atoms with van der Waals surface area (Å²) in [6, 6.07) is 5.97. The van der Waals surface area contributed by atoms with Crippen molar-refractivity contribution in [3.8, 4) is 6.07 Å². The molecule has 7 nitrogen and oxygen atoms in total. The fourth-order valence-corrected chi connectivity index (χ4v) is 3.09. The summed E-state index contributed by atoms with van der Waals surface area (Å²) >= 11 is 0. The lowest BCUT2D eigenvalue weighted by Crippen LogP contribution is -2.47. The second-order valence-electron chi connectivity index (χ2n) is 6.64. The van der Waals surface area contributed by atoms with Crippen LogP contribution in [0.4, 0.5) is 5.82 Å². The highest BCUT2D eigenvalue weighted by Crippen LogP contribution is 2.39. The van der Waals surface area contributed by atoms with E-state index in [-0.39, 0.29) is 6.04 Å². The van der Waals surface area contributed by atoms with E-state index in [4.69, 9.17) is 4.52 Å². The van der Waals surface area contributed by atoms with Gasteiger partial charge in [0.25, 0.3) is 0 Å². The van der Waals surface area contributed by atoms with Crippen molar-refractivity contribution in [2.75, 3.05) is 31.6 Å². The Morgan fingerprint density at radius 1 is 1.25 bits per heavy atom. The molecule has 0 bridgehead atoms. The molecule has 1 aliphatic carbocycles. The van der Waals surface area contributed by atoms with Gasteiger partial charge in [0.15, 0.2) is 5.82 Å². The van der Waals surface area contributed by atoms with E-state index in [2.05, 4.69) is 38.0 Å². The number of pyridine rings is 1. The van der Waals surface area contributed by atoms with E-state index >= 15 is 0 Å². The second kappa shape index (κ2) is 5.87. The van der Waals surface area contributed by atoms with Crippen LogP contribution in [0.5, 0.6) is 0 Å². The van der Waals surface area contributed by atoms with E-state index in [0.29, 0.717) is 23.9 Å². The van der Waals surface area contributed by atoms with Gasteiger partial charge in [-0.1, -0.05) is 5.16 Å². The largest absolute Gasteiger partial charge is 0.352 e. The fraction of sp³-hybridized carbons (Fsp3) is 0.529. The molecule has 0 aromatic carbocycles. The quantitative estimate of drug-likeness (QED) is 0.854. The van der Waals surface area contributed by atoms with Gasteiger partial charge in [-0.2, -0.15) is 10.2 Å². The third-order valence-corrected chi connectivity index (χ3v) is 4.77. The summed E-state index contributed by atoms with van der Waals surface area (Å²) in [6.07, 6.45) is 2.31. The molecule has 0 amide bonds. The maximum Gasteiger partial charge on any atom is 0.245 e. The van der Waals surface area contributed by atoms with Crippen LogP contribution in [0.15, 0.2) is 16.7 Å². The van der Waals surface area contributed by atoms with Gasteiger partial charge in [0.1, 0.15) is 17.9 Å². The summed E-state index contributed by atoms with van der Waals surface area (Å²) in [6.45, 7) is 4.31. The summed E-state index contributed by atoms with van der Waals surface area (Å²) in [5.74, 6) is 2.73. The van der Waals surface area contributed by atoms with Gasteiger partial charge in [-0.15, -0.1) is 0 Å². The number of hydrogen-bond acceptors (Lipinski definition) is 7. The van der Waals surface area contributed by atoms with Crippen LogP contribution >= 0.6 is 0 Å². The molecule has 2 aromatic rings. The van der Waals surface area contributed by atoms with E-state index in [9.17, 15) is 5.26 Å². The molecule has 0 spiro atoms. The van der Waals surface area contributed by atoms with E-state index in [1.54, 1.807) is 0 Å². The molecule has 124 valence electrons. The molecule has 1 atom stereocenters. The molecule has 0 radical (unpaired) electrons. The van der Waals surface area contributed by atoms with Gasteiger partial charge in [0.05, 0.1) is 5.56 Å². The standard InChI is InChI=1S/C17H20N6O/c1-11-3-4-13(9-18)16(19-11)23-8-7-22(2)14(10-23)17-20-15(21-24-17)12-5-6-12/h3-4,12,14H,5-8,10H2,1-2H3/t14-/m0/s1. The van der Waals surface area contributed by atoms with Crippen LogP contribution in [0.3, 0.4) is 0 Å². The van der Waals surface area contributed by atoms with E-state index in [0.717, 1.165) is 43.3 Å². The minimum Gasteiger partial charge on any atom is -0.352 e. The predicted octanol–water partition coefficient (Wildman–Crippen LogP) is 2.02. The summed E-state index contributed by atoms with van der Waals surface area (Å²) in [5.41, 5.74) is 1.52. The molecule has 2 aliphatic rings. The average Bonchev–Trinajstić information content (AvgIpc) is 3.33. The van der Waals surface area contributed by atoms with Crippen molar-refractivity contribution in [2.24, 2.45) is 0 Å². The monoisotopic (exact) mass is 324 g/mol. The van der Waals surface area contributed by atoms with E-state index in [1.165, 1.54) is 0 Å². The number of anilines is 1. The lowest BCUT2D eigenvalue weighted by Gasteiger charge is -2.38. The smallest absolute Gasteiger partial charge is 0.245 e. The highest BCUT2D eigenvalue weighted by molar-refractivity contribution is 5.54. The van der Waals surface area contributed by atoms with Gasteiger partial charge in [-0.05, 0) is 38.9 Å². The molecule has 0 unspecified atom stereocenters. The van der Waals surface area contributed by atoms with Crippen LogP contribution < -0.4 is 4.90 Å². The van der Waals surface area contributed by atoms with Crippen LogP contribution in [0, 0.1) is 18.3 Å². The molecule has 2 fully saturated rings. The minimum atomic E-state index is 0.0209. The maximum absolute atomic E-state index is 9.38. The zero-order valence-corrected chi connectivity index (χ0v) is 13.9. The molecule has 1 saturated carbocycles. The van der Waals surface area contributed by atoms with Gasteiger partial charge in [0, 0.05) is 31.2 Å². The number of piperazine rings is 1. The van der Waals surface area contributed by atoms with Crippen molar-refractivity contribution in [1.29, 1.82) is 5.26 Å². The Bertz CT molecular complexity index is 791. The van der Waals surface area contributed by atoms with Crippen LogP contribution in [0.2, 0.25) is 0 Å². The summed E-state index contributed by atoms with van der Waals surface area (Å²) in [5, 5.41) is 13.5. The molecule has 24 heavy (non-hydrogen) atoms. The summed E-state index contributed by atoms with van der Waals surface area (Å²) < 4.78 is 5.53. The Balaban J connectivity index is 1.60. The first-order valence-electron chi connectivity index (χ1n) is 8.32. The SMILES string of the molecule is Cc1ccc(C#N)c(N2CCN(C)[C@H](c3nc(C4CC4)no3)C2)n1. The average molecular weight is 324 g/mol. The highest BCUT2D eigenvalue weighted by atomic mass is 16.5. The third kappa shape index (κ3) is 2.74. The van der Waals surface area contributed by atoms with Gasteiger partial charge >= 0.3 is 0 Å².